The van der Waals surface area contributed by atoms with E-state index in [1.807, 2.05) is 0 Å². The van der Waals surface area contributed by atoms with Crippen molar-refractivity contribution in [1.82, 2.24) is 29.1 Å². The number of hydrogen-bond donors (Lipinski definition) is 0. The van der Waals surface area contributed by atoms with Gasteiger partial charge in [0.05, 0.1) is 26.0 Å². The number of nitrogens with zero attached hydrogens (tertiary/aromatic N) is 6. The molecule has 0 amide bonds. The summed E-state index contributed by atoms with van der Waals surface area (Å²) >= 11 is 3.24. The van der Waals surface area contributed by atoms with Crippen LogP contribution >= 0.6 is 15.9 Å². The fourth-order valence-electron chi connectivity index (χ4n) is 2.68. The molecule has 0 aliphatic rings. The van der Waals surface area contributed by atoms with Crippen LogP contribution in [0.25, 0.3) is 17.3 Å². The molecule has 12 heteroatoms. The summed E-state index contributed by atoms with van der Waals surface area (Å²) < 4.78 is 60.9. The van der Waals surface area contributed by atoms with Gasteiger partial charge in [0, 0.05) is 0 Å². The zero-order valence-corrected chi connectivity index (χ0v) is 16.2. The van der Waals surface area contributed by atoms with E-state index < -0.39 is 17.8 Å². The van der Waals surface area contributed by atoms with E-state index in [1.54, 1.807) is 24.3 Å². The first kappa shape index (κ1) is 19.3. The average molecular weight is 471 g/mol. The Hall–Kier alpha value is -3.02. The minimum Gasteiger partial charge on any atom is -0.497 e. The van der Waals surface area contributed by atoms with Gasteiger partial charge in [-0.2, -0.15) is 13.2 Å². The highest BCUT2D eigenvalue weighted by Crippen LogP contribution is 2.32. The number of fused-ring (bicyclic) bond motifs is 1. The molecule has 0 spiro atoms. The Labute approximate surface area is 169 Å². The van der Waals surface area contributed by atoms with Crippen molar-refractivity contribution >= 4 is 21.7 Å². The van der Waals surface area contributed by atoms with E-state index in [1.165, 1.54) is 11.5 Å². The normalized spacial score (nSPS) is 11.9. The van der Waals surface area contributed by atoms with Gasteiger partial charge in [0.25, 0.3) is 5.82 Å². The molecule has 0 bridgehead atoms. The second-order valence-corrected chi connectivity index (χ2v) is 6.71. The predicted molar refractivity (Wildman–Crippen MR) is 96.8 cm³/mol. The summed E-state index contributed by atoms with van der Waals surface area (Å²) in [5.41, 5.74) is 0.731. The van der Waals surface area contributed by atoms with Gasteiger partial charge >= 0.3 is 6.18 Å². The molecule has 0 saturated heterocycles. The van der Waals surface area contributed by atoms with Crippen LogP contribution in [-0.4, -0.2) is 36.2 Å². The highest BCUT2D eigenvalue weighted by atomic mass is 79.9. The fourth-order valence-corrected chi connectivity index (χ4v) is 3.20. The van der Waals surface area contributed by atoms with Crippen molar-refractivity contribution in [2.45, 2.75) is 12.7 Å². The van der Waals surface area contributed by atoms with E-state index in [4.69, 9.17) is 4.74 Å². The number of benzene rings is 1. The van der Waals surface area contributed by atoms with Gasteiger partial charge < -0.3 is 4.74 Å². The number of methoxy groups -OCH3 is 1. The first-order valence-corrected chi connectivity index (χ1v) is 8.90. The number of rotatable bonds is 4. The Morgan fingerprint density at radius 1 is 1.14 bits per heavy atom. The van der Waals surface area contributed by atoms with Gasteiger partial charge in [0.15, 0.2) is 11.6 Å². The minimum absolute atomic E-state index is 0.00447. The van der Waals surface area contributed by atoms with Crippen molar-refractivity contribution < 1.29 is 22.3 Å². The number of aromatic nitrogens is 6. The quantitative estimate of drug-likeness (QED) is 0.422. The van der Waals surface area contributed by atoms with Crippen LogP contribution in [0.15, 0.2) is 41.3 Å². The molecule has 0 saturated carbocycles. The summed E-state index contributed by atoms with van der Waals surface area (Å²) in [5, 5.41) is 3.61. The molecule has 0 fully saturated rings. The molecule has 0 aliphatic carbocycles. The van der Waals surface area contributed by atoms with E-state index in [-0.39, 0.29) is 28.4 Å². The lowest BCUT2D eigenvalue weighted by Gasteiger charge is -2.06. The molecule has 3 heterocycles. The van der Waals surface area contributed by atoms with Crippen LogP contribution < -0.4 is 4.74 Å². The lowest BCUT2D eigenvalue weighted by atomic mass is 10.2. The van der Waals surface area contributed by atoms with E-state index >= 15 is 0 Å². The number of alkyl halides is 3. The summed E-state index contributed by atoms with van der Waals surface area (Å²) in [7, 11) is 1.51. The fraction of sp³-hybridized carbons (Fsp3) is 0.176. The molecule has 0 unspecified atom stereocenters. The summed E-state index contributed by atoms with van der Waals surface area (Å²) in [6.45, 7) is 0.00447. The first-order valence-electron chi connectivity index (χ1n) is 8.10. The largest absolute Gasteiger partial charge is 0.497 e. The van der Waals surface area contributed by atoms with Crippen molar-refractivity contribution in [3.8, 4) is 17.3 Å². The van der Waals surface area contributed by atoms with Gasteiger partial charge in [0.1, 0.15) is 16.0 Å². The molecule has 0 aliphatic heterocycles. The van der Waals surface area contributed by atoms with Gasteiger partial charge in [-0.3, -0.25) is 4.40 Å². The lowest BCUT2D eigenvalue weighted by Crippen LogP contribution is -2.09. The Balaban J connectivity index is 1.83. The molecular formula is C17H11BrF4N6O. The van der Waals surface area contributed by atoms with Gasteiger partial charge in [-0.25, -0.2) is 24.0 Å². The summed E-state index contributed by atoms with van der Waals surface area (Å²) in [6, 6.07) is 6.77. The standard InChI is InChI=1S/C17H11BrF4N6O/c1-29-11-4-2-9(3-5-11)7-28-14(25-15(26-28)17(20,21)22)12-13(18)27-8-10(19)6-23-16(27)24-12/h2-6,8H,7H2,1H3. The monoisotopic (exact) mass is 470 g/mol. The summed E-state index contributed by atoms with van der Waals surface area (Å²) in [6.07, 6.45) is -2.67. The van der Waals surface area contributed by atoms with Crippen LogP contribution in [0.1, 0.15) is 11.4 Å². The summed E-state index contributed by atoms with van der Waals surface area (Å²) in [4.78, 5) is 11.6. The molecule has 29 heavy (non-hydrogen) atoms. The maximum absolute atomic E-state index is 13.5. The van der Waals surface area contributed by atoms with Gasteiger partial charge in [-0.05, 0) is 33.6 Å². The van der Waals surface area contributed by atoms with Crippen LogP contribution in [0.5, 0.6) is 5.75 Å². The Morgan fingerprint density at radius 2 is 1.86 bits per heavy atom. The van der Waals surface area contributed by atoms with Crippen molar-refractivity contribution in [2.24, 2.45) is 0 Å². The maximum Gasteiger partial charge on any atom is 0.453 e. The maximum atomic E-state index is 13.5. The van der Waals surface area contributed by atoms with Crippen LogP contribution in [0.3, 0.4) is 0 Å². The first-order chi connectivity index (χ1) is 13.8. The van der Waals surface area contributed by atoms with Crippen LogP contribution in [-0.2, 0) is 12.7 Å². The molecule has 4 aromatic rings. The van der Waals surface area contributed by atoms with E-state index in [9.17, 15) is 17.6 Å². The molecule has 4 rings (SSSR count). The zero-order valence-electron chi connectivity index (χ0n) is 14.7. The number of halogens is 5. The van der Waals surface area contributed by atoms with E-state index in [0.717, 1.165) is 17.1 Å². The zero-order chi connectivity index (χ0) is 20.8. The van der Waals surface area contributed by atoms with Crippen LogP contribution in [0.2, 0.25) is 0 Å². The Bertz CT molecular complexity index is 1190. The van der Waals surface area contributed by atoms with E-state index in [0.29, 0.717) is 11.3 Å². The van der Waals surface area contributed by atoms with Gasteiger partial charge in [-0.15, -0.1) is 5.10 Å². The van der Waals surface area contributed by atoms with Crippen molar-refractivity contribution in [3.63, 3.8) is 0 Å². The highest BCUT2D eigenvalue weighted by Gasteiger charge is 2.38. The highest BCUT2D eigenvalue weighted by molar-refractivity contribution is 9.10. The van der Waals surface area contributed by atoms with Crippen LogP contribution in [0.4, 0.5) is 17.6 Å². The molecule has 0 N–H and O–H groups in total. The number of hydrogen-bond acceptors (Lipinski definition) is 5. The van der Waals surface area contributed by atoms with Crippen molar-refractivity contribution in [3.05, 3.63) is 58.5 Å². The molecule has 3 aromatic heterocycles. The second kappa shape index (κ2) is 7.10. The molecule has 150 valence electrons. The molecule has 1 aromatic carbocycles. The number of ether oxygens (including phenoxy) is 1. The third kappa shape index (κ3) is 3.67. The summed E-state index contributed by atoms with van der Waals surface area (Å²) in [5.74, 6) is -1.35. The molecular weight excluding hydrogens is 460 g/mol. The van der Waals surface area contributed by atoms with Crippen LogP contribution in [0, 0.1) is 5.82 Å². The SMILES string of the molecule is COc1ccc(Cn2nc(C(F)(F)F)nc2-c2nc3ncc(F)cn3c2Br)cc1. The van der Waals surface area contributed by atoms with Gasteiger partial charge in [-0.1, -0.05) is 12.1 Å². The minimum atomic E-state index is -4.74. The number of imidazole rings is 1. The van der Waals surface area contributed by atoms with Crippen molar-refractivity contribution in [1.29, 1.82) is 0 Å². The third-order valence-electron chi connectivity index (χ3n) is 4.02. The van der Waals surface area contributed by atoms with Gasteiger partial charge in [0.2, 0.25) is 5.78 Å². The third-order valence-corrected chi connectivity index (χ3v) is 4.78. The molecule has 7 nitrogen and oxygen atoms in total. The molecule has 0 radical (unpaired) electrons. The van der Waals surface area contributed by atoms with E-state index in [2.05, 4.69) is 36.0 Å². The Kier molecular flexibility index (Phi) is 4.73. The predicted octanol–water partition coefficient (Wildman–Crippen LogP) is 3.97. The average Bonchev–Trinajstić information content (AvgIpc) is 3.24. The lowest BCUT2D eigenvalue weighted by molar-refractivity contribution is -0.144. The Morgan fingerprint density at radius 3 is 2.52 bits per heavy atom. The smallest absolute Gasteiger partial charge is 0.453 e. The topological polar surface area (TPSA) is 70.1 Å². The van der Waals surface area contributed by atoms with Crippen molar-refractivity contribution in [2.75, 3.05) is 7.11 Å². The molecule has 0 atom stereocenters. The second-order valence-electron chi connectivity index (χ2n) is 5.96.